The third-order valence-electron chi connectivity index (χ3n) is 6.24. The lowest BCUT2D eigenvalue weighted by Gasteiger charge is -2.18. The first-order valence-electron chi connectivity index (χ1n) is 11.1. The molecule has 0 spiro atoms. The average molecular weight is 436 g/mol. The zero-order valence-corrected chi connectivity index (χ0v) is 18.5. The molecule has 2 atom stereocenters. The molecule has 0 radical (unpaired) electrons. The fourth-order valence-corrected chi connectivity index (χ4v) is 4.16. The van der Waals surface area contributed by atoms with Gasteiger partial charge in [-0.25, -0.2) is 0 Å². The van der Waals surface area contributed by atoms with E-state index in [-0.39, 0.29) is 30.2 Å². The van der Waals surface area contributed by atoms with Crippen molar-refractivity contribution in [1.29, 1.82) is 0 Å². The van der Waals surface area contributed by atoms with Crippen LogP contribution in [-0.4, -0.2) is 43.5 Å². The molecule has 2 heterocycles. The van der Waals surface area contributed by atoms with Gasteiger partial charge in [0.25, 0.3) is 5.91 Å². The Balaban J connectivity index is 1.41. The van der Waals surface area contributed by atoms with Crippen LogP contribution in [0.3, 0.4) is 0 Å². The topological polar surface area (TPSA) is 87.7 Å². The number of ether oxygens (including phenoxy) is 1. The molecule has 2 saturated heterocycles. The number of anilines is 2. The highest BCUT2D eigenvalue weighted by Crippen LogP contribution is 2.28. The Bertz CT molecular complexity index is 1030. The van der Waals surface area contributed by atoms with Crippen molar-refractivity contribution >= 4 is 29.1 Å². The number of nitrogens with one attached hydrogen (secondary N) is 2. The Morgan fingerprint density at radius 1 is 1.12 bits per heavy atom. The first-order valence-corrected chi connectivity index (χ1v) is 11.1. The van der Waals surface area contributed by atoms with Crippen molar-refractivity contribution in [2.45, 2.75) is 39.2 Å². The smallest absolute Gasteiger partial charge is 0.253 e. The standard InChI is InChI=1S/C25H29N3O4/c1-16-9-10-19(12-17(16)2)28-15-18(13-23(28)29)24(30)27-22-8-4-3-7-21(22)25(31)26-14-20-6-5-11-32-20/h3-4,7-10,12,18,20H,5-6,11,13-15H2,1-2H3,(H,26,31)(H,27,30)/t18-,20-/m1/s1. The molecule has 0 aromatic heterocycles. The molecular weight excluding hydrogens is 406 g/mol. The lowest BCUT2D eigenvalue weighted by molar-refractivity contribution is -0.122. The zero-order valence-electron chi connectivity index (χ0n) is 18.5. The summed E-state index contributed by atoms with van der Waals surface area (Å²) >= 11 is 0. The van der Waals surface area contributed by atoms with Gasteiger partial charge in [0.15, 0.2) is 0 Å². The monoisotopic (exact) mass is 435 g/mol. The molecule has 4 rings (SSSR count). The summed E-state index contributed by atoms with van der Waals surface area (Å²) < 4.78 is 5.55. The van der Waals surface area contributed by atoms with Crippen LogP contribution in [0, 0.1) is 19.8 Å². The summed E-state index contributed by atoms with van der Waals surface area (Å²) in [7, 11) is 0. The average Bonchev–Trinajstić information content (AvgIpc) is 3.44. The van der Waals surface area contributed by atoms with Crippen molar-refractivity contribution in [3.63, 3.8) is 0 Å². The SMILES string of the molecule is Cc1ccc(N2C[C@H](C(=O)Nc3ccccc3C(=O)NC[C@H]3CCCO3)CC2=O)cc1C. The Kier molecular flexibility index (Phi) is 6.55. The van der Waals surface area contributed by atoms with Gasteiger partial charge in [-0.3, -0.25) is 14.4 Å². The Labute approximate surface area is 188 Å². The van der Waals surface area contributed by atoms with E-state index in [9.17, 15) is 14.4 Å². The largest absolute Gasteiger partial charge is 0.376 e. The highest BCUT2D eigenvalue weighted by Gasteiger charge is 2.35. The van der Waals surface area contributed by atoms with Crippen molar-refractivity contribution in [2.24, 2.45) is 5.92 Å². The maximum absolute atomic E-state index is 13.0. The summed E-state index contributed by atoms with van der Waals surface area (Å²) in [5.41, 5.74) is 3.91. The molecule has 2 aromatic carbocycles. The van der Waals surface area contributed by atoms with Crippen LogP contribution in [0.5, 0.6) is 0 Å². The van der Waals surface area contributed by atoms with Gasteiger partial charge in [0, 0.05) is 31.8 Å². The highest BCUT2D eigenvalue weighted by atomic mass is 16.5. The predicted octanol–water partition coefficient (Wildman–Crippen LogP) is 3.20. The molecule has 3 amide bonds. The first kappa shape index (κ1) is 22.0. The second-order valence-electron chi connectivity index (χ2n) is 8.55. The van der Waals surface area contributed by atoms with Crippen LogP contribution in [0.1, 0.15) is 40.7 Å². The minimum absolute atomic E-state index is 0.0431. The van der Waals surface area contributed by atoms with Gasteiger partial charge in [-0.1, -0.05) is 18.2 Å². The van der Waals surface area contributed by atoms with Crippen molar-refractivity contribution < 1.29 is 19.1 Å². The summed E-state index contributed by atoms with van der Waals surface area (Å²) in [6.45, 7) is 5.52. The maximum Gasteiger partial charge on any atom is 0.253 e. The fourth-order valence-electron chi connectivity index (χ4n) is 4.16. The highest BCUT2D eigenvalue weighted by molar-refractivity contribution is 6.07. The maximum atomic E-state index is 13.0. The summed E-state index contributed by atoms with van der Waals surface area (Å²) in [6, 6.07) is 12.8. The third-order valence-corrected chi connectivity index (χ3v) is 6.24. The van der Waals surface area contributed by atoms with Crippen molar-refractivity contribution in [3.05, 3.63) is 59.2 Å². The van der Waals surface area contributed by atoms with Gasteiger partial charge >= 0.3 is 0 Å². The number of rotatable bonds is 6. The van der Waals surface area contributed by atoms with E-state index in [0.717, 1.165) is 36.3 Å². The van der Waals surface area contributed by atoms with E-state index >= 15 is 0 Å². The first-order chi connectivity index (χ1) is 15.4. The van der Waals surface area contributed by atoms with Crippen LogP contribution < -0.4 is 15.5 Å². The van der Waals surface area contributed by atoms with E-state index in [4.69, 9.17) is 4.74 Å². The second kappa shape index (κ2) is 9.53. The number of hydrogen-bond donors (Lipinski definition) is 2. The molecule has 2 fully saturated rings. The van der Waals surface area contributed by atoms with E-state index < -0.39 is 5.92 Å². The zero-order chi connectivity index (χ0) is 22.7. The number of amides is 3. The summed E-state index contributed by atoms with van der Waals surface area (Å²) in [5.74, 6) is -1.07. The van der Waals surface area contributed by atoms with Crippen molar-refractivity contribution in [2.75, 3.05) is 29.9 Å². The fraction of sp³-hybridized carbons (Fsp3) is 0.400. The van der Waals surface area contributed by atoms with Gasteiger partial charge < -0.3 is 20.3 Å². The van der Waals surface area contributed by atoms with Crippen LogP contribution >= 0.6 is 0 Å². The third kappa shape index (κ3) is 4.83. The molecule has 2 N–H and O–H groups in total. The molecule has 7 nitrogen and oxygen atoms in total. The van der Waals surface area contributed by atoms with Crippen molar-refractivity contribution in [1.82, 2.24) is 5.32 Å². The Morgan fingerprint density at radius 2 is 1.94 bits per heavy atom. The molecule has 0 unspecified atom stereocenters. The van der Waals surface area contributed by atoms with Gasteiger partial charge in [-0.2, -0.15) is 0 Å². The molecule has 2 aromatic rings. The van der Waals surface area contributed by atoms with E-state index in [1.165, 1.54) is 0 Å². The van der Waals surface area contributed by atoms with Crippen molar-refractivity contribution in [3.8, 4) is 0 Å². The van der Waals surface area contributed by atoms with Crippen LogP contribution in [0.25, 0.3) is 0 Å². The molecular formula is C25H29N3O4. The van der Waals surface area contributed by atoms with E-state index in [2.05, 4.69) is 10.6 Å². The minimum atomic E-state index is -0.480. The van der Waals surface area contributed by atoms with Gasteiger partial charge in [-0.15, -0.1) is 0 Å². The Hall–Kier alpha value is -3.19. The number of aryl methyl sites for hydroxylation is 2. The molecule has 7 heteroatoms. The number of hydrogen-bond acceptors (Lipinski definition) is 4. The minimum Gasteiger partial charge on any atom is -0.376 e. The van der Waals surface area contributed by atoms with Gasteiger partial charge in [0.2, 0.25) is 11.8 Å². The molecule has 0 saturated carbocycles. The number of para-hydroxylation sites is 1. The van der Waals surface area contributed by atoms with Crippen LogP contribution in [0.2, 0.25) is 0 Å². The quantitative estimate of drug-likeness (QED) is 0.729. The number of carbonyl (C=O) groups excluding carboxylic acids is 3. The van der Waals surface area contributed by atoms with Gasteiger partial charge in [0.1, 0.15) is 0 Å². The second-order valence-corrected chi connectivity index (χ2v) is 8.55. The van der Waals surface area contributed by atoms with Crippen LogP contribution in [-0.2, 0) is 14.3 Å². The molecule has 0 aliphatic carbocycles. The number of carbonyl (C=O) groups is 3. The summed E-state index contributed by atoms with van der Waals surface area (Å²) in [4.78, 5) is 39.9. The van der Waals surface area contributed by atoms with E-state index in [1.807, 2.05) is 32.0 Å². The van der Waals surface area contributed by atoms with E-state index in [1.54, 1.807) is 29.2 Å². The lowest BCUT2D eigenvalue weighted by Crippen LogP contribution is -2.33. The summed E-state index contributed by atoms with van der Waals surface area (Å²) in [5, 5.41) is 5.76. The molecule has 168 valence electrons. The molecule has 2 aliphatic heterocycles. The predicted molar refractivity (Wildman–Crippen MR) is 123 cm³/mol. The summed E-state index contributed by atoms with van der Waals surface area (Å²) in [6.07, 6.45) is 2.13. The number of nitrogens with zero attached hydrogens (tertiary/aromatic N) is 1. The van der Waals surface area contributed by atoms with Gasteiger partial charge in [0.05, 0.1) is 23.3 Å². The van der Waals surface area contributed by atoms with Gasteiger partial charge in [-0.05, 0) is 62.1 Å². The lowest BCUT2D eigenvalue weighted by atomic mass is 10.1. The molecule has 32 heavy (non-hydrogen) atoms. The van der Waals surface area contributed by atoms with E-state index in [0.29, 0.717) is 24.3 Å². The number of benzene rings is 2. The molecule has 2 aliphatic rings. The van der Waals surface area contributed by atoms with Crippen LogP contribution in [0.4, 0.5) is 11.4 Å². The molecule has 0 bridgehead atoms. The Morgan fingerprint density at radius 3 is 2.69 bits per heavy atom. The van der Waals surface area contributed by atoms with Crippen LogP contribution in [0.15, 0.2) is 42.5 Å². The normalized spacial score (nSPS) is 20.4.